The summed E-state index contributed by atoms with van der Waals surface area (Å²) in [6, 6.07) is 0. The Kier molecular flexibility index (Phi) is 7.18. The maximum Gasteiger partial charge on any atom is 0.437 e. The van der Waals surface area contributed by atoms with Crippen molar-refractivity contribution < 1.29 is 95.3 Å². The topological polar surface area (TPSA) is 90.2 Å². The summed E-state index contributed by atoms with van der Waals surface area (Å²) < 4.78 is 213. The molecule has 0 spiro atoms. The molecular formula is C13H3F16NO5. The number of alkyl halides is 12. The van der Waals surface area contributed by atoms with Gasteiger partial charge in [-0.3, -0.25) is 0 Å². The van der Waals surface area contributed by atoms with Crippen molar-refractivity contribution in [2.45, 2.75) is 35.8 Å². The molecule has 6 nitrogen and oxygen atoms in total. The number of carbonyl (C=O) groups is 1. The van der Waals surface area contributed by atoms with Crippen LogP contribution in [0.15, 0.2) is 0 Å². The van der Waals surface area contributed by atoms with Gasteiger partial charge < -0.3 is 15.3 Å². The highest BCUT2D eigenvalue weighted by Crippen LogP contribution is 2.57. The summed E-state index contributed by atoms with van der Waals surface area (Å²) >= 11 is 0. The molecule has 0 heterocycles. The molecule has 1 aromatic carbocycles. The first-order valence-electron chi connectivity index (χ1n) is 7.49. The molecule has 0 saturated heterocycles. The van der Waals surface area contributed by atoms with Crippen molar-refractivity contribution in [2.75, 3.05) is 0 Å². The van der Waals surface area contributed by atoms with Gasteiger partial charge in [0.25, 0.3) is 0 Å². The number of carboxylic acids is 1. The number of hydrogen-bond donors (Lipinski definition) is 3. The van der Waals surface area contributed by atoms with E-state index < -0.39 is 81.6 Å². The number of benzene rings is 1. The lowest BCUT2D eigenvalue weighted by Gasteiger charge is -2.41. The summed E-state index contributed by atoms with van der Waals surface area (Å²) in [6.07, 6.45) is -23.9. The fourth-order valence-electron chi connectivity index (χ4n) is 2.22. The van der Waals surface area contributed by atoms with Crippen molar-refractivity contribution >= 4 is 5.97 Å². The molecule has 1 rings (SSSR count). The molecule has 0 aliphatic rings. The third-order valence-corrected chi connectivity index (χ3v) is 3.94. The Morgan fingerprint density at radius 2 is 1.03 bits per heavy atom. The smallest absolute Gasteiger partial charge is 0.437 e. The maximum atomic E-state index is 14.6. The van der Waals surface area contributed by atoms with Gasteiger partial charge in [-0.1, -0.05) is 0 Å². The largest absolute Gasteiger partial charge is 0.502 e. The highest BCUT2D eigenvalue weighted by molar-refractivity contribution is 5.78. The molecule has 1 aromatic rings. The first kappa shape index (κ1) is 30.1. The van der Waals surface area contributed by atoms with Gasteiger partial charge in [0.1, 0.15) is 5.56 Å². The third kappa shape index (κ3) is 4.10. The highest BCUT2D eigenvalue weighted by atomic mass is 19.4. The Morgan fingerprint density at radius 3 is 1.34 bits per heavy atom. The zero-order valence-corrected chi connectivity index (χ0v) is 15.2. The summed E-state index contributed by atoms with van der Waals surface area (Å²) in [5.41, 5.74) is -11.8. The number of hydroxylamine groups is 1. The summed E-state index contributed by atoms with van der Waals surface area (Å²) in [5, 5.41) is 22.1. The first-order valence-corrected chi connectivity index (χ1v) is 7.49. The van der Waals surface area contributed by atoms with E-state index >= 15 is 0 Å². The van der Waals surface area contributed by atoms with E-state index in [0.29, 0.717) is 0 Å². The minimum Gasteiger partial charge on any atom is -0.502 e. The fraction of sp³-hybridized carbons (Fsp3) is 0.462. The van der Waals surface area contributed by atoms with Crippen LogP contribution in [0, 0.1) is 17.5 Å². The number of nitrogens with zero attached hydrogens (tertiary/aromatic N) is 1. The van der Waals surface area contributed by atoms with Gasteiger partial charge in [-0.05, 0) is 0 Å². The van der Waals surface area contributed by atoms with Gasteiger partial charge in [-0.2, -0.15) is 52.7 Å². The van der Waals surface area contributed by atoms with Crippen LogP contribution in [-0.2, 0) is 15.6 Å². The van der Waals surface area contributed by atoms with Gasteiger partial charge in [-0.15, -0.1) is 4.48 Å². The van der Waals surface area contributed by atoms with Gasteiger partial charge in [0.2, 0.25) is 5.82 Å². The molecule has 0 radical (unpaired) electrons. The zero-order chi connectivity index (χ0) is 28.3. The SMILES string of the molecule is O=C(O)[C@@](F)(N(F)OC(C(F)(F)F)(C(F)(F)F)C(F)(F)F)C(F)(F)c1c(F)c(O)c(O)c(F)c1F. The zero-order valence-electron chi connectivity index (χ0n) is 15.2. The third-order valence-electron chi connectivity index (χ3n) is 3.94. The summed E-state index contributed by atoms with van der Waals surface area (Å²) in [6.45, 7) is 0. The number of rotatable bonds is 6. The number of hydrogen-bond acceptors (Lipinski definition) is 5. The Hall–Kier alpha value is -2.91. The van der Waals surface area contributed by atoms with Crippen LogP contribution >= 0.6 is 0 Å². The van der Waals surface area contributed by atoms with Crippen molar-refractivity contribution in [3.8, 4) is 11.5 Å². The van der Waals surface area contributed by atoms with E-state index in [1.165, 1.54) is 0 Å². The van der Waals surface area contributed by atoms with Gasteiger partial charge in [0.05, 0.1) is 0 Å². The van der Waals surface area contributed by atoms with E-state index in [9.17, 15) is 75.1 Å². The van der Waals surface area contributed by atoms with Gasteiger partial charge in [0, 0.05) is 5.29 Å². The Labute approximate surface area is 178 Å². The second kappa shape index (κ2) is 8.34. The van der Waals surface area contributed by atoms with Gasteiger partial charge in [0.15, 0.2) is 23.1 Å². The number of carboxylic acid groups (broad SMARTS) is 1. The van der Waals surface area contributed by atoms with E-state index in [2.05, 4.69) is 0 Å². The highest BCUT2D eigenvalue weighted by Gasteiger charge is 2.88. The van der Waals surface area contributed by atoms with Crippen molar-refractivity contribution in [3.63, 3.8) is 0 Å². The lowest BCUT2D eigenvalue weighted by atomic mass is 9.96. The number of aromatic hydroxyl groups is 2. The number of phenols is 2. The van der Waals surface area contributed by atoms with Crippen molar-refractivity contribution in [3.05, 3.63) is 23.0 Å². The van der Waals surface area contributed by atoms with Gasteiger partial charge in [-0.25, -0.2) is 22.8 Å². The van der Waals surface area contributed by atoms with Crippen molar-refractivity contribution in [1.29, 1.82) is 0 Å². The molecule has 0 amide bonds. The van der Waals surface area contributed by atoms with E-state index in [4.69, 9.17) is 15.3 Å². The molecule has 0 aliphatic heterocycles. The van der Waals surface area contributed by atoms with Crippen molar-refractivity contribution in [2.24, 2.45) is 0 Å². The van der Waals surface area contributed by atoms with Crippen LogP contribution < -0.4 is 0 Å². The van der Waals surface area contributed by atoms with Crippen LogP contribution in [0.5, 0.6) is 11.5 Å². The van der Waals surface area contributed by atoms with Crippen molar-refractivity contribution in [1.82, 2.24) is 5.29 Å². The molecule has 22 heteroatoms. The standard InChI is InChI=1S/C13H3F16NO5/c14-2-1(3(15)5(31)6(32)4(2)16)8(17,18)9(19,7(33)34)30(29)35-10(11(20,21)22,12(23,24)25)13(26,27)28/h31-32H,(H,33,34)/t9-/m1/s1. The van der Waals surface area contributed by atoms with Crippen LogP contribution in [0.2, 0.25) is 0 Å². The Balaban J connectivity index is 4.02. The molecule has 0 bridgehead atoms. The molecule has 0 fully saturated rings. The predicted octanol–water partition coefficient (Wildman–Crippen LogP) is 4.90. The summed E-state index contributed by atoms with van der Waals surface area (Å²) in [5.74, 6) is -34.4. The van der Waals surface area contributed by atoms with Crippen LogP contribution in [0.3, 0.4) is 0 Å². The van der Waals surface area contributed by atoms with Crippen LogP contribution in [-0.4, -0.2) is 56.5 Å². The van der Waals surface area contributed by atoms with E-state index in [1.54, 1.807) is 4.84 Å². The monoisotopic (exact) mass is 557 g/mol. The molecule has 3 N–H and O–H groups in total. The van der Waals surface area contributed by atoms with Crippen LogP contribution in [0.4, 0.5) is 70.3 Å². The molecule has 0 aromatic heterocycles. The quantitative estimate of drug-likeness (QED) is 0.115. The Morgan fingerprint density at radius 1 is 0.686 bits per heavy atom. The minimum atomic E-state index is -7.97. The summed E-state index contributed by atoms with van der Waals surface area (Å²) in [4.78, 5) is 12.6. The Bertz CT molecular complexity index is 936. The maximum absolute atomic E-state index is 14.6. The first-order chi connectivity index (χ1) is 15.2. The van der Waals surface area contributed by atoms with E-state index in [0.717, 1.165) is 0 Å². The van der Waals surface area contributed by atoms with E-state index in [-0.39, 0.29) is 0 Å². The summed E-state index contributed by atoms with van der Waals surface area (Å²) in [7, 11) is 0. The lowest BCUT2D eigenvalue weighted by Crippen LogP contribution is -2.72. The fourth-order valence-corrected chi connectivity index (χ4v) is 2.22. The molecule has 35 heavy (non-hydrogen) atoms. The normalized spacial score (nSPS) is 15.9. The predicted molar refractivity (Wildman–Crippen MR) is 69.9 cm³/mol. The lowest BCUT2D eigenvalue weighted by molar-refractivity contribution is -0.544. The number of phenolic OH excluding ortho intramolecular Hbond substituents is 2. The molecule has 1 atom stereocenters. The average Bonchev–Trinajstić information content (AvgIpc) is 2.64. The number of halogens is 16. The molecule has 0 aliphatic carbocycles. The van der Waals surface area contributed by atoms with Crippen LogP contribution in [0.1, 0.15) is 5.56 Å². The molecular weight excluding hydrogens is 554 g/mol. The molecule has 202 valence electrons. The second-order valence-corrected chi connectivity index (χ2v) is 6.03. The van der Waals surface area contributed by atoms with Crippen LogP contribution in [0.25, 0.3) is 0 Å². The average molecular weight is 557 g/mol. The second-order valence-electron chi connectivity index (χ2n) is 6.03. The number of aliphatic carboxylic acids is 1. The molecule has 0 saturated carbocycles. The van der Waals surface area contributed by atoms with E-state index in [1.807, 2.05) is 0 Å². The minimum absolute atomic E-state index is 1.73. The molecule has 0 unspecified atom stereocenters. The van der Waals surface area contributed by atoms with Gasteiger partial charge >= 0.3 is 41.8 Å².